The Morgan fingerprint density at radius 1 is 1.06 bits per heavy atom. The van der Waals surface area contributed by atoms with Crippen molar-refractivity contribution < 1.29 is 4.79 Å². The first-order valence-corrected chi connectivity index (χ1v) is 6.58. The highest BCUT2D eigenvalue weighted by Gasteiger charge is 2.19. The van der Waals surface area contributed by atoms with Crippen molar-refractivity contribution in [3.05, 3.63) is 35.9 Å². The van der Waals surface area contributed by atoms with E-state index in [9.17, 15) is 4.79 Å². The minimum absolute atomic E-state index is 0.0169. The number of hydrogen-bond donors (Lipinski definition) is 1. The van der Waals surface area contributed by atoms with Gasteiger partial charge in [0.15, 0.2) is 0 Å². The van der Waals surface area contributed by atoms with E-state index >= 15 is 0 Å². The van der Waals surface area contributed by atoms with Crippen LogP contribution in [0.3, 0.4) is 0 Å². The van der Waals surface area contributed by atoms with Crippen molar-refractivity contribution in [1.82, 2.24) is 5.32 Å². The van der Waals surface area contributed by atoms with Crippen LogP contribution in [-0.2, 0) is 4.79 Å². The van der Waals surface area contributed by atoms with E-state index in [1.54, 1.807) is 0 Å². The number of nitrogens with one attached hydrogen (secondary N) is 1. The zero-order valence-electron chi connectivity index (χ0n) is 11.1. The van der Waals surface area contributed by atoms with Crippen molar-refractivity contribution in [3.63, 3.8) is 0 Å². The van der Waals surface area contributed by atoms with Gasteiger partial charge < -0.3 is 5.32 Å². The summed E-state index contributed by atoms with van der Waals surface area (Å²) in [5.41, 5.74) is 1.11. The van der Waals surface area contributed by atoms with Gasteiger partial charge in [0.05, 0.1) is 5.92 Å². The van der Waals surface area contributed by atoms with Crippen LogP contribution in [0.15, 0.2) is 30.3 Å². The van der Waals surface area contributed by atoms with Crippen LogP contribution in [0, 0.1) is 0 Å². The maximum Gasteiger partial charge on any atom is 0.227 e. The molecule has 2 nitrogen and oxygen atoms in total. The Morgan fingerprint density at radius 3 is 2.12 bits per heavy atom. The van der Waals surface area contributed by atoms with E-state index in [0.29, 0.717) is 6.04 Å². The second kappa shape index (κ2) is 7.10. The number of rotatable bonds is 6. The third kappa shape index (κ3) is 3.88. The van der Waals surface area contributed by atoms with Gasteiger partial charge in [-0.15, -0.1) is 0 Å². The molecule has 0 unspecified atom stereocenters. The van der Waals surface area contributed by atoms with Gasteiger partial charge in [-0.1, -0.05) is 51.1 Å². The Bertz CT molecular complexity index is 330. The SMILES string of the molecule is CCC(CC)NC(=O)[C@H](CC)c1ccccc1. The van der Waals surface area contributed by atoms with Gasteiger partial charge in [0, 0.05) is 6.04 Å². The molecule has 0 aliphatic carbocycles. The molecule has 2 heteroatoms. The van der Waals surface area contributed by atoms with Gasteiger partial charge in [-0.25, -0.2) is 0 Å². The fraction of sp³-hybridized carbons (Fsp3) is 0.533. The van der Waals surface area contributed by atoms with Crippen LogP contribution in [0.25, 0.3) is 0 Å². The molecule has 1 atom stereocenters. The lowest BCUT2D eigenvalue weighted by Gasteiger charge is -2.20. The van der Waals surface area contributed by atoms with E-state index in [1.807, 2.05) is 30.3 Å². The molecule has 1 rings (SSSR count). The molecule has 0 saturated carbocycles. The van der Waals surface area contributed by atoms with Crippen LogP contribution in [0.1, 0.15) is 51.5 Å². The Labute approximate surface area is 104 Å². The van der Waals surface area contributed by atoms with E-state index in [-0.39, 0.29) is 11.8 Å². The highest BCUT2D eigenvalue weighted by Crippen LogP contribution is 2.19. The van der Waals surface area contributed by atoms with Crippen LogP contribution in [0.4, 0.5) is 0 Å². The lowest BCUT2D eigenvalue weighted by Crippen LogP contribution is -2.37. The molecular weight excluding hydrogens is 210 g/mol. The van der Waals surface area contributed by atoms with Crippen molar-refractivity contribution in [1.29, 1.82) is 0 Å². The molecule has 1 aromatic rings. The molecule has 0 aromatic heterocycles. The summed E-state index contributed by atoms with van der Waals surface area (Å²) in [6.45, 7) is 6.28. The normalized spacial score (nSPS) is 12.5. The molecule has 0 radical (unpaired) electrons. The molecule has 17 heavy (non-hydrogen) atoms. The first-order valence-electron chi connectivity index (χ1n) is 6.58. The van der Waals surface area contributed by atoms with Crippen LogP contribution in [-0.4, -0.2) is 11.9 Å². The average Bonchev–Trinajstić information content (AvgIpc) is 2.38. The lowest BCUT2D eigenvalue weighted by molar-refractivity contribution is -0.123. The van der Waals surface area contributed by atoms with Gasteiger partial charge in [-0.05, 0) is 24.8 Å². The fourth-order valence-electron chi connectivity index (χ4n) is 2.05. The molecule has 0 aliphatic rings. The maximum absolute atomic E-state index is 12.2. The van der Waals surface area contributed by atoms with Gasteiger partial charge in [-0.2, -0.15) is 0 Å². The summed E-state index contributed by atoms with van der Waals surface area (Å²) >= 11 is 0. The number of hydrogen-bond acceptors (Lipinski definition) is 1. The average molecular weight is 233 g/mol. The first kappa shape index (κ1) is 13.8. The maximum atomic E-state index is 12.2. The third-order valence-corrected chi connectivity index (χ3v) is 3.26. The number of carbonyl (C=O) groups is 1. The number of benzene rings is 1. The van der Waals surface area contributed by atoms with Gasteiger partial charge in [0.1, 0.15) is 0 Å². The van der Waals surface area contributed by atoms with Crippen LogP contribution in [0.2, 0.25) is 0 Å². The van der Waals surface area contributed by atoms with Crippen LogP contribution < -0.4 is 5.32 Å². The zero-order chi connectivity index (χ0) is 12.7. The predicted molar refractivity (Wildman–Crippen MR) is 72.0 cm³/mol. The Morgan fingerprint density at radius 2 is 1.65 bits per heavy atom. The molecule has 0 saturated heterocycles. The Hall–Kier alpha value is -1.31. The summed E-state index contributed by atoms with van der Waals surface area (Å²) in [6, 6.07) is 10.3. The summed E-state index contributed by atoms with van der Waals surface area (Å²) in [6.07, 6.45) is 2.83. The zero-order valence-corrected chi connectivity index (χ0v) is 11.1. The number of amides is 1. The highest BCUT2D eigenvalue weighted by molar-refractivity contribution is 5.83. The minimum atomic E-state index is -0.0169. The van der Waals surface area contributed by atoms with Gasteiger partial charge in [0.25, 0.3) is 0 Å². The second-order valence-electron chi connectivity index (χ2n) is 4.39. The molecule has 0 aliphatic heterocycles. The predicted octanol–water partition coefficient (Wildman–Crippen LogP) is 3.49. The number of carbonyl (C=O) groups excluding carboxylic acids is 1. The smallest absolute Gasteiger partial charge is 0.227 e. The summed E-state index contributed by atoms with van der Waals surface area (Å²) in [7, 11) is 0. The largest absolute Gasteiger partial charge is 0.353 e. The molecule has 0 bridgehead atoms. The van der Waals surface area contributed by atoms with Crippen molar-refractivity contribution in [3.8, 4) is 0 Å². The van der Waals surface area contributed by atoms with Crippen LogP contribution >= 0.6 is 0 Å². The van der Waals surface area contributed by atoms with Crippen molar-refractivity contribution in [2.45, 2.75) is 52.0 Å². The molecule has 1 amide bonds. The minimum Gasteiger partial charge on any atom is -0.353 e. The van der Waals surface area contributed by atoms with E-state index in [4.69, 9.17) is 0 Å². The third-order valence-electron chi connectivity index (χ3n) is 3.26. The summed E-state index contributed by atoms with van der Waals surface area (Å²) in [5.74, 6) is 0.143. The Balaban J connectivity index is 2.71. The highest BCUT2D eigenvalue weighted by atomic mass is 16.1. The van der Waals surface area contributed by atoms with Gasteiger partial charge in [-0.3, -0.25) is 4.79 Å². The second-order valence-corrected chi connectivity index (χ2v) is 4.39. The first-order chi connectivity index (χ1) is 8.22. The summed E-state index contributed by atoms with van der Waals surface area (Å²) in [5, 5.41) is 3.13. The van der Waals surface area contributed by atoms with E-state index < -0.39 is 0 Å². The molecule has 94 valence electrons. The van der Waals surface area contributed by atoms with E-state index in [0.717, 1.165) is 24.8 Å². The molecule has 0 spiro atoms. The van der Waals surface area contributed by atoms with Crippen molar-refractivity contribution in [2.24, 2.45) is 0 Å². The fourth-order valence-corrected chi connectivity index (χ4v) is 2.05. The molecule has 0 heterocycles. The lowest BCUT2D eigenvalue weighted by atomic mass is 9.95. The van der Waals surface area contributed by atoms with Gasteiger partial charge in [0.2, 0.25) is 5.91 Å². The monoisotopic (exact) mass is 233 g/mol. The topological polar surface area (TPSA) is 29.1 Å². The standard InChI is InChI=1S/C15H23NO/c1-4-13(5-2)16-15(17)14(6-3)12-10-8-7-9-11-12/h7-11,13-14H,4-6H2,1-3H3,(H,16,17)/t14-/m1/s1. The van der Waals surface area contributed by atoms with Gasteiger partial charge >= 0.3 is 0 Å². The molecular formula is C15H23NO. The quantitative estimate of drug-likeness (QED) is 0.800. The van der Waals surface area contributed by atoms with E-state index in [2.05, 4.69) is 26.1 Å². The van der Waals surface area contributed by atoms with Crippen molar-refractivity contribution >= 4 is 5.91 Å². The summed E-state index contributed by atoms with van der Waals surface area (Å²) in [4.78, 5) is 12.2. The van der Waals surface area contributed by atoms with Crippen LogP contribution in [0.5, 0.6) is 0 Å². The molecule has 1 N–H and O–H groups in total. The molecule has 1 aromatic carbocycles. The Kier molecular flexibility index (Phi) is 5.75. The summed E-state index contributed by atoms with van der Waals surface area (Å²) < 4.78 is 0. The van der Waals surface area contributed by atoms with E-state index in [1.165, 1.54) is 0 Å². The van der Waals surface area contributed by atoms with Crippen molar-refractivity contribution in [2.75, 3.05) is 0 Å². The molecule has 0 fully saturated rings.